The molecule has 1 saturated carbocycles. The van der Waals surface area contributed by atoms with Crippen LogP contribution >= 0.6 is 24.0 Å². The Morgan fingerprint density at radius 1 is 1.17 bits per heavy atom. The van der Waals surface area contributed by atoms with Gasteiger partial charge in [-0.15, -0.1) is 24.0 Å². The first-order valence-electron chi connectivity index (χ1n) is 9.18. The fourth-order valence-electron chi connectivity index (χ4n) is 3.23. The number of aliphatic imine (C=N–C) groups is 1. The van der Waals surface area contributed by atoms with E-state index >= 15 is 0 Å². The first kappa shape index (κ1) is 19.5. The third kappa shape index (κ3) is 6.24. The van der Waals surface area contributed by atoms with Crippen LogP contribution < -0.4 is 10.6 Å². The molecular weight excluding hydrogens is 411 g/mol. The lowest BCUT2D eigenvalue weighted by molar-refractivity contribution is 0.145. The minimum Gasteiger partial charge on any atom is -0.357 e. The van der Waals surface area contributed by atoms with E-state index in [0.717, 1.165) is 25.6 Å². The van der Waals surface area contributed by atoms with Gasteiger partial charge < -0.3 is 10.6 Å². The normalized spacial score (nSPS) is 21.9. The molecule has 5 heteroatoms. The lowest BCUT2D eigenvalue weighted by Crippen LogP contribution is -2.43. The summed E-state index contributed by atoms with van der Waals surface area (Å²) in [6.07, 6.45) is 6.48. The largest absolute Gasteiger partial charge is 0.357 e. The van der Waals surface area contributed by atoms with Gasteiger partial charge in [-0.2, -0.15) is 0 Å². The second kappa shape index (κ2) is 10.2. The number of nitrogens with zero attached hydrogens (tertiary/aromatic N) is 2. The summed E-state index contributed by atoms with van der Waals surface area (Å²) in [4.78, 5) is 7.48. The number of benzene rings is 1. The van der Waals surface area contributed by atoms with Gasteiger partial charge >= 0.3 is 0 Å². The van der Waals surface area contributed by atoms with Gasteiger partial charge in [-0.05, 0) is 44.7 Å². The highest BCUT2D eigenvalue weighted by atomic mass is 127. The highest BCUT2D eigenvalue weighted by Gasteiger charge is 2.24. The van der Waals surface area contributed by atoms with Crippen LogP contribution in [0.3, 0.4) is 0 Å². The summed E-state index contributed by atoms with van der Waals surface area (Å²) in [6, 6.07) is 12.0. The van der Waals surface area contributed by atoms with Crippen LogP contribution in [0, 0.1) is 0 Å². The van der Waals surface area contributed by atoms with E-state index in [4.69, 9.17) is 4.99 Å². The maximum atomic E-state index is 4.86. The first-order chi connectivity index (χ1) is 11.3. The molecule has 1 aliphatic heterocycles. The Kier molecular flexibility index (Phi) is 8.32. The monoisotopic (exact) mass is 442 g/mol. The van der Waals surface area contributed by atoms with E-state index in [1.165, 1.54) is 44.2 Å². The maximum absolute atomic E-state index is 4.86. The molecule has 4 nitrogen and oxygen atoms in total. The highest BCUT2D eigenvalue weighted by molar-refractivity contribution is 14.0. The molecule has 2 aliphatic rings. The van der Waals surface area contributed by atoms with E-state index in [-0.39, 0.29) is 24.0 Å². The van der Waals surface area contributed by atoms with Crippen molar-refractivity contribution >= 4 is 29.9 Å². The maximum Gasteiger partial charge on any atom is 0.191 e. The van der Waals surface area contributed by atoms with Crippen LogP contribution in [0.5, 0.6) is 0 Å². The van der Waals surface area contributed by atoms with Gasteiger partial charge in [-0.3, -0.25) is 9.89 Å². The Labute approximate surface area is 163 Å². The quantitative estimate of drug-likeness (QED) is 0.403. The average Bonchev–Trinajstić information content (AvgIpc) is 3.39. The summed E-state index contributed by atoms with van der Waals surface area (Å²) in [5.74, 6) is 1.00. The highest BCUT2D eigenvalue weighted by Crippen LogP contribution is 2.21. The summed E-state index contributed by atoms with van der Waals surface area (Å²) in [5, 5.41) is 6.89. The van der Waals surface area contributed by atoms with Crippen LogP contribution in [-0.4, -0.2) is 42.6 Å². The summed E-state index contributed by atoms with van der Waals surface area (Å²) in [5.41, 5.74) is 1.41. The van der Waals surface area contributed by atoms with Crippen molar-refractivity contribution in [1.82, 2.24) is 15.5 Å². The Morgan fingerprint density at radius 2 is 1.96 bits per heavy atom. The molecule has 1 saturated heterocycles. The van der Waals surface area contributed by atoms with Gasteiger partial charge in [-0.1, -0.05) is 36.8 Å². The lowest BCUT2D eigenvalue weighted by Gasteiger charge is -2.35. The summed E-state index contributed by atoms with van der Waals surface area (Å²) in [6.45, 7) is 6.20. The van der Waals surface area contributed by atoms with Crippen molar-refractivity contribution < 1.29 is 0 Å². The number of halogens is 1. The van der Waals surface area contributed by atoms with Crippen LogP contribution in [0.25, 0.3) is 0 Å². The predicted molar refractivity (Wildman–Crippen MR) is 112 cm³/mol. The van der Waals surface area contributed by atoms with E-state index in [0.29, 0.717) is 12.1 Å². The standard InChI is InChI=1S/C19H30N4.HI/c1-2-20-19(22-17-11-12-17)21-14-18-10-6-7-13-23(18)15-16-8-4-3-5-9-16;/h3-5,8-9,17-18H,2,6-7,10-15H2,1H3,(H2,20,21,22);1H. The van der Waals surface area contributed by atoms with Crippen molar-refractivity contribution in [1.29, 1.82) is 0 Å². The number of likely N-dealkylation sites (tertiary alicyclic amines) is 1. The van der Waals surface area contributed by atoms with Gasteiger partial charge in [0, 0.05) is 25.2 Å². The van der Waals surface area contributed by atoms with E-state index in [1.54, 1.807) is 0 Å². The molecular formula is C19H31IN4. The van der Waals surface area contributed by atoms with Crippen LogP contribution in [-0.2, 0) is 6.54 Å². The molecule has 1 heterocycles. The van der Waals surface area contributed by atoms with Crippen molar-refractivity contribution in [2.75, 3.05) is 19.6 Å². The van der Waals surface area contributed by atoms with Crippen LogP contribution in [0.1, 0.15) is 44.6 Å². The third-order valence-corrected chi connectivity index (χ3v) is 4.70. The fourth-order valence-corrected chi connectivity index (χ4v) is 3.23. The van der Waals surface area contributed by atoms with Crippen molar-refractivity contribution in [3.63, 3.8) is 0 Å². The Hall–Kier alpha value is -0.820. The molecule has 134 valence electrons. The smallest absolute Gasteiger partial charge is 0.191 e. The predicted octanol–water partition coefficient (Wildman–Crippen LogP) is 3.38. The van der Waals surface area contributed by atoms with Crippen LogP contribution in [0.4, 0.5) is 0 Å². The van der Waals surface area contributed by atoms with Gasteiger partial charge in [0.15, 0.2) is 5.96 Å². The first-order valence-corrected chi connectivity index (χ1v) is 9.18. The van der Waals surface area contributed by atoms with Crippen LogP contribution in [0.15, 0.2) is 35.3 Å². The van der Waals surface area contributed by atoms with Crippen molar-refractivity contribution in [3.05, 3.63) is 35.9 Å². The van der Waals surface area contributed by atoms with E-state index in [9.17, 15) is 0 Å². The molecule has 2 fully saturated rings. The number of nitrogens with one attached hydrogen (secondary N) is 2. The van der Waals surface area contributed by atoms with E-state index in [1.807, 2.05) is 0 Å². The summed E-state index contributed by atoms with van der Waals surface area (Å²) < 4.78 is 0. The van der Waals surface area contributed by atoms with Crippen molar-refractivity contribution in [2.45, 2.75) is 57.7 Å². The molecule has 2 N–H and O–H groups in total. The zero-order valence-corrected chi connectivity index (χ0v) is 17.0. The van der Waals surface area contributed by atoms with E-state index in [2.05, 4.69) is 52.8 Å². The molecule has 1 unspecified atom stereocenters. The zero-order valence-electron chi connectivity index (χ0n) is 14.7. The molecule has 24 heavy (non-hydrogen) atoms. The molecule has 3 rings (SSSR count). The van der Waals surface area contributed by atoms with Crippen molar-refractivity contribution in [3.8, 4) is 0 Å². The molecule has 1 aromatic carbocycles. The van der Waals surface area contributed by atoms with Gasteiger partial charge in [0.25, 0.3) is 0 Å². The SMILES string of the molecule is CCNC(=NCC1CCCCN1Cc1ccccc1)NC1CC1.I. The topological polar surface area (TPSA) is 39.7 Å². The second-order valence-corrected chi connectivity index (χ2v) is 6.74. The number of rotatable bonds is 6. The molecule has 0 radical (unpaired) electrons. The molecule has 1 aromatic rings. The average molecular weight is 442 g/mol. The number of hydrogen-bond acceptors (Lipinski definition) is 2. The molecule has 1 aliphatic carbocycles. The van der Waals surface area contributed by atoms with Crippen molar-refractivity contribution in [2.24, 2.45) is 4.99 Å². The molecule has 1 atom stereocenters. The zero-order chi connectivity index (χ0) is 15.9. The lowest BCUT2D eigenvalue weighted by atomic mass is 10.0. The number of hydrogen-bond donors (Lipinski definition) is 2. The van der Waals surface area contributed by atoms with Gasteiger partial charge in [0.1, 0.15) is 0 Å². The second-order valence-electron chi connectivity index (χ2n) is 6.74. The van der Waals surface area contributed by atoms with Gasteiger partial charge in [0.2, 0.25) is 0 Å². The third-order valence-electron chi connectivity index (χ3n) is 4.70. The van der Waals surface area contributed by atoms with Gasteiger partial charge in [-0.25, -0.2) is 0 Å². The Balaban J connectivity index is 0.00000208. The molecule has 0 bridgehead atoms. The molecule has 0 amide bonds. The number of piperidine rings is 1. The minimum atomic E-state index is 0. The molecule has 0 aromatic heterocycles. The molecule has 0 spiro atoms. The van der Waals surface area contributed by atoms with E-state index < -0.39 is 0 Å². The fraction of sp³-hybridized carbons (Fsp3) is 0.632. The van der Waals surface area contributed by atoms with Gasteiger partial charge in [0.05, 0.1) is 6.54 Å². The summed E-state index contributed by atoms with van der Waals surface area (Å²) >= 11 is 0. The van der Waals surface area contributed by atoms with Crippen LogP contribution in [0.2, 0.25) is 0 Å². The minimum absolute atomic E-state index is 0. The number of guanidine groups is 1. The Bertz CT molecular complexity index is 501. The summed E-state index contributed by atoms with van der Waals surface area (Å²) in [7, 11) is 0. The Morgan fingerprint density at radius 3 is 2.67 bits per heavy atom.